The van der Waals surface area contributed by atoms with Crippen molar-refractivity contribution in [3.63, 3.8) is 0 Å². The Labute approximate surface area is 146 Å². The van der Waals surface area contributed by atoms with Crippen LogP contribution in [0.1, 0.15) is 44.6 Å². The minimum absolute atomic E-state index is 0.121. The molecule has 25 heavy (non-hydrogen) atoms. The van der Waals surface area contributed by atoms with E-state index in [0.29, 0.717) is 16.7 Å². The molecule has 4 heteroatoms. The Balaban J connectivity index is 2.03. The van der Waals surface area contributed by atoms with E-state index in [0.717, 1.165) is 11.3 Å². The summed E-state index contributed by atoms with van der Waals surface area (Å²) in [7, 11) is 0. The topological polar surface area (TPSA) is 58.1 Å². The van der Waals surface area contributed by atoms with Crippen molar-refractivity contribution < 1.29 is 0 Å². The minimum atomic E-state index is -0.319. The van der Waals surface area contributed by atoms with Gasteiger partial charge in [-0.2, -0.15) is 0 Å². The van der Waals surface area contributed by atoms with E-state index >= 15 is 0 Å². The molecule has 4 rings (SSSR count). The van der Waals surface area contributed by atoms with Gasteiger partial charge >= 0.3 is 0 Å². The fourth-order valence-electron chi connectivity index (χ4n) is 3.42. The second-order valence-corrected chi connectivity index (χ2v) is 7.62. The predicted octanol–water partition coefficient (Wildman–Crippen LogP) is 3.83. The van der Waals surface area contributed by atoms with E-state index < -0.39 is 0 Å². The van der Waals surface area contributed by atoms with Crippen molar-refractivity contribution in [2.45, 2.75) is 38.6 Å². The summed E-state index contributed by atoms with van der Waals surface area (Å²) in [5.74, 6) is 0.528. The Morgan fingerprint density at radius 1 is 0.920 bits per heavy atom. The normalized spacial score (nSPS) is 17.8. The molecule has 0 radical (unpaired) electrons. The molecular formula is C21H21N3O. The van der Waals surface area contributed by atoms with Gasteiger partial charge in [0.05, 0.1) is 16.4 Å². The number of aromatic nitrogens is 2. The summed E-state index contributed by atoms with van der Waals surface area (Å²) in [5.41, 5.74) is 3.12. The summed E-state index contributed by atoms with van der Waals surface area (Å²) in [5, 5.41) is 0.593. The van der Waals surface area contributed by atoms with Gasteiger partial charge in [-0.05, 0) is 31.5 Å². The van der Waals surface area contributed by atoms with Crippen molar-refractivity contribution in [3.05, 3.63) is 75.8 Å². The molecule has 126 valence electrons. The monoisotopic (exact) mass is 331 g/mol. The van der Waals surface area contributed by atoms with E-state index in [1.54, 1.807) is 6.07 Å². The third kappa shape index (κ3) is 2.24. The number of rotatable bonds is 1. The highest BCUT2D eigenvalue weighted by atomic mass is 16.1. The first-order chi connectivity index (χ1) is 11.8. The molecule has 0 saturated carbocycles. The molecule has 1 aliphatic rings. The second-order valence-electron chi connectivity index (χ2n) is 7.62. The lowest BCUT2D eigenvalue weighted by Crippen LogP contribution is -2.46. The molecular weight excluding hydrogens is 310 g/mol. The highest BCUT2D eigenvalue weighted by molar-refractivity contribution is 6.13. The smallest absolute Gasteiger partial charge is 0.259 e. The molecule has 0 unspecified atom stereocenters. The van der Waals surface area contributed by atoms with Crippen molar-refractivity contribution in [1.29, 1.82) is 0 Å². The first-order valence-corrected chi connectivity index (χ1v) is 8.50. The van der Waals surface area contributed by atoms with Crippen molar-refractivity contribution >= 4 is 16.6 Å². The van der Waals surface area contributed by atoms with Crippen molar-refractivity contribution in [2.24, 2.45) is 4.99 Å². The molecule has 0 spiro atoms. The zero-order chi connectivity index (χ0) is 17.8. The van der Waals surface area contributed by atoms with Gasteiger partial charge in [0.2, 0.25) is 0 Å². The summed E-state index contributed by atoms with van der Waals surface area (Å²) in [4.78, 5) is 25.1. The summed E-state index contributed by atoms with van der Waals surface area (Å²) in [6, 6.07) is 15.6. The summed E-state index contributed by atoms with van der Waals surface area (Å²) in [6.45, 7) is 8.68. The van der Waals surface area contributed by atoms with Crippen LogP contribution in [0.15, 0.2) is 58.3 Å². The fourth-order valence-corrected chi connectivity index (χ4v) is 3.42. The molecule has 0 atom stereocenters. The number of benzene rings is 2. The van der Waals surface area contributed by atoms with E-state index in [4.69, 9.17) is 4.99 Å². The standard InChI is InChI=1S/C21H21N3O/c1-20(2)15-11-7-5-9-13(15)17(24-21(20,3)4)18-22-16-12-8-6-10-14(16)19(25)23-18/h5-12H,1-4H3,(H,22,23,25). The minimum Gasteiger partial charge on any atom is -0.305 e. The first-order valence-electron chi connectivity index (χ1n) is 8.50. The predicted molar refractivity (Wildman–Crippen MR) is 102 cm³/mol. The van der Waals surface area contributed by atoms with Gasteiger partial charge < -0.3 is 4.98 Å². The lowest BCUT2D eigenvalue weighted by molar-refractivity contribution is 0.303. The van der Waals surface area contributed by atoms with Gasteiger partial charge in [-0.15, -0.1) is 0 Å². The quantitative estimate of drug-likeness (QED) is 0.737. The van der Waals surface area contributed by atoms with Crippen LogP contribution in [0, 0.1) is 0 Å². The molecule has 0 aliphatic carbocycles. The average Bonchev–Trinajstić information content (AvgIpc) is 2.58. The van der Waals surface area contributed by atoms with Crippen molar-refractivity contribution in [1.82, 2.24) is 9.97 Å². The highest BCUT2D eigenvalue weighted by Gasteiger charge is 2.44. The highest BCUT2D eigenvalue weighted by Crippen LogP contribution is 2.43. The summed E-state index contributed by atoms with van der Waals surface area (Å²) in [6.07, 6.45) is 0. The molecule has 0 fully saturated rings. The van der Waals surface area contributed by atoms with Crippen LogP contribution in [0.3, 0.4) is 0 Å². The van der Waals surface area contributed by atoms with E-state index in [9.17, 15) is 4.79 Å². The largest absolute Gasteiger partial charge is 0.305 e. The van der Waals surface area contributed by atoms with Crippen molar-refractivity contribution in [3.8, 4) is 0 Å². The van der Waals surface area contributed by atoms with Gasteiger partial charge in [-0.3, -0.25) is 9.79 Å². The van der Waals surface area contributed by atoms with E-state index in [1.807, 2.05) is 24.3 Å². The molecule has 2 heterocycles. The number of hydrogen-bond donors (Lipinski definition) is 1. The number of hydrogen-bond acceptors (Lipinski definition) is 3. The average molecular weight is 331 g/mol. The van der Waals surface area contributed by atoms with Gasteiger partial charge in [-0.1, -0.05) is 50.2 Å². The molecule has 3 aromatic rings. The second kappa shape index (κ2) is 5.12. The maximum atomic E-state index is 12.5. The number of aliphatic imine (C=N–C) groups is 1. The van der Waals surface area contributed by atoms with E-state index in [-0.39, 0.29) is 16.5 Å². The molecule has 0 amide bonds. The third-order valence-corrected chi connectivity index (χ3v) is 5.61. The molecule has 1 aliphatic heterocycles. The van der Waals surface area contributed by atoms with Gasteiger partial charge in [0.15, 0.2) is 5.82 Å². The lowest BCUT2D eigenvalue weighted by atomic mass is 9.66. The number of para-hydroxylation sites is 1. The van der Waals surface area contributed by atoms with Gasteiger partial charge in [0.25, 0.3) is 5.56 Å². The first kappa shape index (κ1) is 15.8. The Bertz CT molecular complexity index is 1070. The number of nitrogens with one attached hydrogen (secondary N) is 1. The summed E-state index contributed by atoms with van der Waals surface area (Å²) < 4.78 is 0. The van der Waals surface area contributed by atoms with Crippen LogP contribution in [0.5, 0.6) is 0 Å². The molecule has 0 saturated heterocycles. The number of H-pyrrole nitrogens is 1. The van der Waals surface area contributed by atoms with Crippen LogP contribution in [-0.2, 0) is 5.41 Å². The van der Waals surface area contributed by atoms with Crippen LogP contribution >= 0.6 is 0 Å². The molecule has 1 N–H and O–H groups in total. The lowest BCUT2D eigenvalue weighted by Gasteiger charge is -2.44. The maximum Gasteiger partial charge on any atom is 0.259 e. The van der Waals surface area contributed by atoms with Crippen molar-refractivity contribution in [2.75, 3.05) is 0 Å². The van der Waals surface area contributed by atoms with Crippen LogP contribution in [0.25, 0.3) is 10.9 Å². The van der Waals surface area contributed by atoms with Gasteiger partial charge in [0.1, 0.15) is 5.71 Å². The Hall–Kier alpha value is -2.75. The fraction of sp³-hybridized carbons (Fsp3) is 0.286. The number of aromatic amines is 1. The molecule has 4 nitrogen and oxygen atoms in total. The van der Waals surface area contributed by atoms with E-state index in [1.165, 1.54) is 5.56 Å². The molecule has 2 aromatic carbocycles. The zero-order valence-electron chi connectivity index (χ0n) is 14.9. The van der Waals surface area contributed by atoms with Gasteiger partial charge in [-0.25, -0.2) is 4.98 Å². The maximum absolute atomic E-state index is 12.5. The number of fused-ring (bicyclic) bond motifs is 2. The zero-order valence-corrected chi connectivity index (χ0v) is 14.9. The van der Waals surface area contributed by atoms with Crippen LogP contribution in [0.2, 0.25) is 0 Å². The van der Waals surface area contributed by atoms with E-state index in [2.05, 4.69) is 55.9 Å². The van der Waals surface area contributed by atoms with Crippen LogP contribution in [0.4, 0.5) is 0 Å². The Morgan fingerprint density at radius 2 is 1.60 bits per heavy atom. The van der Waals surface area contributed by atoms with Crippen LogP contribution < -0.4 is 5.56 Å². The summed E-state index contributed by atoms with van der Waals surface area (Å²) >= 11 is 0. The van der Waals surface area contributed by atoms with Crippen LogP contribution in [-0.4, -0.2) is 21.2 Å². The SMILES string of the molecule is CC1(C)N=C(c2nc3ccccc3c(=O)[nH]2)c2ccccc2C1(C)C. The number of nitrogens with zero attached hydrogens (tertiary/aromatic N) is 2. The molecule has 1 aromatic heterocycles. The molecule has 0 bridgehead atoms. The van der Waals surface area contributed by atoms with Gasteiger partial charge in [0, 0.05) is 11.0 Å². The Morgan fingerprint density at radius 3 is 2.40 bits per heavy atom. The Kier molecular flexibility index (Phi) is 3.23. The third-order valence-electron chi connectivity index (χ3n) is 5.61.